The maximum Gasteiger partial charge on any atom is 0.309 e. The van der Waals surface area contributed by atoms with Gasteiger partial charge in [-0.15, -0.1) is 0 Å². The molecule has 2 N–H and O–H groups in total. The zero-order valence-corrected chi connectivity index (χ0v) is 12.4. The van der Waals surface area contributed by atoms with Crippen LogP contribution < -0.4 is 10.6 Å². The van der Waals surface area contributed by atoms with Crippen molar-refractivity contribution in [3.05, 3.63) is 70.5 Å². The molecule has 0 bridgehead atoms. The zero-order valence-electron chi connectivity index (χ0n) is 11.6. The first-order chi connectivity index (χ1) is 10.6. The number of hydrogen-bond donors (Lipinski definition) is 2. The molecule has 22 heavy (non-hydrogen) atoms. The average molecular weight is 321 g/mol. The van der Waals surface area contributed by atoms with Gasteiger partial charge in [-0.3, -0.25) is 9.59 Å². The van der Waals surface area contributed by atoms with Crippen molar-refractivity contribution in [1.82, 2.24) is 10.6 Å². The summed E-state index contributed by atoms with van der Waals surface area (Å²) in [6.45, 7) is 0.170. The topological polar surface area (TPSA) is 58.2 Å². The van der Waals surface area contributed by atoms with Gasteiger partial charge >= 0.3 is 11.8 Å². The van der Waals surface area contributed by atoms with Crippen LogP contribution in [0.4, 0.5) is 4.39 Å². The molecule has 0 saturated heterocycles. The van der Waals surface area contributed by atoms with Crippen molar-refractivity contribution in [2.24, 2.45) is 0 Å². The quantitative estimate of drug-likeness (QED) is 0.850. The normalized spacial score (nSPS) is 10.1. The molecule has 0 heterocycles. The molecular formula is C16H14ClFN2O2. The summed E-state index contributed by atoms with van der Waals surface area (Å²) in [4.78, 5) is 23.3. The SMILES string of the molecule is O=C(NCc1ccc(Cl)cc1)C(=O)NCc1ccccc1F. The predicted molar refractivity (Wildman–Crippen MR) is 81.5 cm³/mol. The van der Waals surface area contributed by atoms with Gasteiger partial charge in [0.05, 0.1) is 0 Å². The van der Waals surface area contributed by atoms with E-state index in [1.54, 1.807) is 42.5 Å². The van der Waals surface area contributed by atoms with Gasteiger partial charge in [-0.1, -0.05) is 41.9 Å². The molecule has 0 atom stereocenters. The Balaban J connectivity index is 1.81. The fourth-order valence-electron chi connectivity index (χ4n) is 1.76. The van der Waals surface area contributed by atoms with Crippen molar-refractivity contribution >= 4 is 23.4 Å². The fraction of sp³-hybridized carbons (Fsp3) is 0.125. The molecule has 0 fully saturated rings. The first kappa shape index (κ1) is 16.0. The monoisotopic (exact) mass is 320 g/mol. The Morgan fingerprint density at radius 2 is 1.50 bits per heavy atom. The lowest BCUT2D eigenvalue weighted by Gasteiger charge is -2.07. The second kappa shape index (κ2) is 7.56. The third kappa shape index (κ3) is 4.56. The minimum Gasteiger partial charge on any atom is -0.344 e. The summed E-state index contributed by atoms with van der Waals surface area (Å²) in [7, 11) is 0. The van der Waals surface area contributed by atoms with Crippen molar-refractivity contribution in [3.8, 4) is 0 Å². The van der Waals surface area contributed by atoms with Crippen LogP contribution in [0.2, 0.25) is 5.02 Å². The molecule has 2 amide bonds. The molecule has 0 radical (unpaired) electrons. The highest BCUT2D eigenvalue weighted by molar-refractivity contribution is 6.35. The molecule has 0 aliphatic carbocycles. The van der Waals surface area contributed by atoms with E-state index < -0.39 is 17.6 Å². The van der Waals surface area contributed by atoms with Crippen LogP contribution >= 0.6 is 11.6 Å². The van der Waals surface area contributed by atoms with Gasteiger partial charge in [-0.05, 0) is 23.8 Å². The zero-order chi connectivity index (χ0) is 15.9. The summed E-state index contributed by atoms with van der Waals surface area (Å²) in [5.41, 5.74) is 1.14. The second-order valence-electron chi connectivity index (χ2n) is 4.58. The Morgan fingerprint density at radius 3 is 2.14 bits per heavy atom. The highest BCUT2D eigenvalue weighted by Gasteiger charge is 2.13. The molecule has 4 nitrogen and oxygen atoms in total. The van der Waals surface area contributed by atoms with Crippen LogP contribution in [0.25, 0.3) is 0 Å². The molecule has 2 aromatic rings. The van der Waals surface area contributed by atoms with E-state index in [4.69, 9.17) is 11.6 Å². The van der Waals surface area contributed by atoms with Gasteiger partial charge in [0.25, 0.3) is 0 Å². The maximum atomic E-state index is 13.4. The van der Waals surface area contributed by atoms with Crippen LogP contribution in [0, 0.1) is 5.82 Å². The van der Waals surface area contributed by atoms with E-state index in [-0.39, 0.29) is 13.1 Å². The Morgan fingerprint density at radius 1 is 0.909 bits per heavy atom. The number of hydrogen-bond acceptors (Lipinski definition) is 2. The lowest BCUT2D eigenvalue weighted by Crippen LogP contribution is -2.39. The number of amides is 2. The van der Waals surface area contributed by atoms with Crippen LogP contribution in [-0.4, -0.2) is 11.8 Å². The van der Waals surface area contributed by atoms with Gasteiger partial charge in [0.1, 0.15) is 5.82 Å². The minimum absolute atomic E-state index is 0.0418. The van der Waals surface area contributed by atoms with Crippen LogP contribution in [0.3, 0.4) is 0 Å². The highest BCUT2D eigenvalue weighted by Crippen LogP contribution is 2.09. The minimum atomic E-state index is -0.808. The number of rotatable bonds is 4. The molecule has 6 heteroatoms. The molecule has 2 aromatic carbocycles. The van der Waals surface area contributed by atoms with E-state index in [9.17, 15) is 14.0 Å². The number of carbonyl (C=O) groups excluding carboxylic acids is 2. The van der Waals surface area contributed by atoms with Gasteiger partial charge < -0.3 is 10.6 Å². The van der Waals surface area contributed by atoms with E-state index in [1.807, 2.05) is 0 Å². The van der Waals surface area contributed by atoms with Gasteiger partial charge in [0.15, 0.2) is 0 Å². The van der Waals surface area contributed by atoms with Crippen LogP contribution in [0.5, 0.6) is 0 Å². The molecule has 2 rings (SSSR count). The second-order valence-corrected chi connectivity index (χ2v) is 5.02. The molecule has 0 spiro atoms. The van der Waals surface area contributed by atoms with Crippen molar-refractivity contribution in [3.63, 3.8) is 0 Å². The van der Waals surface area contributed by atoms with Crippen molar-refractivity contribution in [2.45, 2.75) is 13.1 Å². The van der Waals surface area contributed by atoms with Crippen LogP contribution in [0.15, 0.2) is 48.5 Å². The Bertz CT molecular complexity index is 674. The summed E-state index contributed by atoms with van der Waals surface area (Å²) in [5, 5.41) is 5.45. The largest absolute Gasteiger partial charge is 0.344 e. The highest BCUT2D eigenvalue weighted by atomic mass is 35.5. The van der Waals surface area contributed by atoms with E-state index in [0.29, 0.717) is 10.6 Å². The molecule has 114 valence electrons. The Kier molecular flexibility index (Phi) is 5.49. The van der Waals surface area contributed by atoms with Crippen molar-refractivity contribution in [1.29, 1.82) is 0 Å². The lowest BCUT2D eigenvalue weighted by molar-refractivity contribution is -0.139. The number of benzene rings is 2. The third-order valence-corrected chi connectivity index (χ3v) is 3.22. The fourth-order valence-corrected chi connectivity index (χ4v) is 1.89. The third-order valence-electron chi connectivity index (χ3n) is 2.97. The average Bonchev–Trinajstić information content (AvgIpc) is 2.53. The number of nitrogens with one attached hydrogen (secondary N) is 2. The summed E-state index contributed by atoms with van der Waals surface area (Å²) in [6.07, 6.45) is 0. The predicted octanol–water partition coefficient (Wildman–Crippen LogP) is 2.41. The molecular weight excluding hydrogens is 307 g/mol. The van der Waals surface area contributed by atoms with Crippen LogP contribution in [-0.2, 0) is 22.7 Å². The molecule has 0 aliphatic rings. The van der Waals surface area contributed by atoms with Crippen molar-refractivity contribution < 1.29 is 14.0 Å². The summed E-state index contributed by atoms with van der Waals surface area (Å²) >= 11 is 5.75. The molecule has 0 aromatic heterocycles. The van der Waals surface area contributed by atoms with Gasteiger partial charge in [0, 0.05) is 23.7 Å². The first-order valence-electron chi connectivity index (χ1n) is 6.60. The van der Waals surface area contributed by atoms with Crippen molar-refractivity contribution in [2.75, 3.05) is 0 Å². The van der Waals surface area contributed by atoms with Crippen LogP contribution in [0.1, 0.15) is 11.1 Å². The van der Waals surface area contributed by atoms with Gasteiger partial charge in [-0.2, -0.15) is 0 Å². The summed E-state index contributed by atoms with van der Waals surface area (Å²) in [6, 6.07) is 12.9. The Labute approximate surface area is 132 Å². The first-order valence-corrected chi connectivity index (χ1v) is 6.98. The molecule has 0 unspecified atom stereocenters. The smallest absolute Gasteiger partial charge is 0.309 e. The van der Waals surface area contributed by atoms with E-state index in [0.717, 1.165) is 5.56 Å². The number of halogens is 2. The molecule has 0 aliphatic heterocycles. The summed E-state index contributed by atoms with van der Waals surface area (Å²) < 4.78 is 13.4. The van der Waals surface area contributed by atoms with Gasteiger partial charge in [-0.25, -0.2) is 4.39 Å². The standard InChI is InChI=1S/C16H14ClFN2O2/c17-13-7-5-11(6-8-13)9-19-15(21)16(22)20-10-12-3-1-2-4-14(12)18/h1-8H,9-10H2,(H,19,21)(H,20,22). The number of carbonyl (C=O) groups is 2. The molecule has 0 saturated carbocycles. The maximum absolute atomic E-state index is 13.4. The lowest BCUT2D eigenvalue weighted by atomic mass is 10.2. The van der Waals surface area contributed by atoms with Gasteiger partial charge in [0.2, 0.25) is 0 Å². The summed E-state index contributed by atoms with van der Waals surface area (Å²) in [5.74, 6) is -2.01. The van der Waals surface area contributed by atoms with E-state index >= 15 is 0 Å². The van der Waals surface area contributed by atoms with E-state index in [1.165, 1.54) is 6.07 Å². The Hall–Kier alpha value is -2.40. The van der Waals surface area contributed by atoms with E-state index in [2.05, 4.69) is 10.6 Å².